The summed E-state index contributed by atoms with van der Waals surface area (Å²) in [6.45, 7) is 1.89. The third-order valence-corrected chi connectivity index (χ3v) is 3.18. The summed E-state index contributed by atoms with van der Waals surface area (Å²) >= 11 is 0. The lowest BCUT2D eigenvalue weighted by Crippen LogP contribution is -2.27. The summed E-state index contributed by atoms with van der Waals surface area (Å²) in [5.41, 5.74) is 9.58. The summed E-state index contributed by atoms with van der Waals surface area (Å²) in [5, 5.41) is 14.9. The molecule has 19 heavy (non-hydrogen) atoms. The van der Waals surface area contributed by atoms with Crippen molar-refractivity contribution in [2.24, 2.45) is 5.10 Å². The fraction of sp³-hybridized carbons (Fsp3) is 0.333. The second-order valence-electron chi connectivity index (χ2n) is 4.44. The summed E-state index contributed by atoms with van der Waals surface area (Å²) in [7, 11) is 0. The van der Waals surface area contributed by atoms with Crippen molar-refractivity contribution >= 4 is 23.0 Å². The molecule has 1 heterocycles. The normalized spacial score (nSPS) is 16.5. The lowest BCUT2D eigenvalue weighted by Gasteiger charge is -2.18. The van der Waals surface area contributed by atoms with Crippen molar-refractivity contribution in [3.63, 3.8) is 0 Å². The number of anilines is 1. The molecule has 0 spiro atoms. The number of amides is 1. The van der Waals surface area contributed by atoms with Crippen LogP contribution >= 0.6 is 0 Å². The van der Waals surface area contributed by atoms with Crippen LogP contribution in [0.15, 0.2) is 23.3 Å². The summed E-state index contributed by atoms with van der Waals surface area (Å²) < 4.78 is 0. The van der Waals surface area contributed by atoms with Crippen LogP contribution in [0.3, 0.4) is 0 Å². The average Bonchev–Trinajstić information content (AvgIpc) is 2.39. The molecule has 1 aliphatic heterocycles. The van der Waals surface area contributed by atoms with E-state index in [2.05, 4.69) is 10.5 Å². The molecule has 1 aliphatic rings. The minimum absolute atomic E-state index is 0.0973. The third kappa shape index (κ3) is 2.70. The van der Waals surface area contributed by atoms with Gasteiger partial charge in [-0.3, -0.25) is 14.9 Å². The molecule has 0 saturated carbocycles. The van der Waals surface area contributed by atoms with E-state index in [9.17, 15) is 14.9 Å². The number of nitro groups is 1. The van der Waals surface area contributed by atoms with Gasteiger partial charge in [0.05, 0.1) is 4.92 Å². The van der Waals surface area contributed by atoms with Crippen LogP contribution in [0.5, 0.6) is 0 Å². The number of nitro benzene ring substituents is 1. The van der Waals surface area contributed by atoms with Gasteiger partial charge in [0.2, 0.25) is 5.91 Å². The quantitative estimate of drug-likeness (QED) is 0.489. The van der Waals surface area contributed by atoms with Crippen molar-refractivity contribution < 1.29 is 9.72 Å². The zero-order chi connectivity index (χ0) is 14.0. The van der Waals surface area contributed by atoms with Crippen LogP contribution in [0.25, 0.3) is 0 Å². The van der Waals surface area contributed by atoms with Gasteiger partial charge >= 0.3 is 0 Å². The Morgan fingerprint density at radius 1 is 1.47 bits per heavy atom. The number of hydrazone groups is 1. The predicted octanol–water partition coefficient (Wildman–Crippen LogP) is 1.55. The maximum atomic E-state index is 11.0. The van der Waals surface area contributed by atoms with Crippen molar-refractivity contribution in [2.75, 3.05) is 5.73 Å². The second-order valence-corrected chi connectivity index (χ2v) is 4.44. The molecule has 0 aliphatic carbocycles. The molecule has 0 fully saturated rings. The highest BCUT2D eigenvalue weighted by Gasteiger charge is 2.21. The van der Waals surface area contributed by atoms with Gasteiger partial charge in [-0.25, -0.2) is 5.43 Å². The minimum atomic E-state index is -0.504. The Labute approximate surface area is 109 Å². The Morgan fingerprint density at radius 2 is 2.21 bits per heavy atom. The molecule has 0 bridgehead atoms. The first-order valence-electron chi connectivity index (χ1n) is 5.88. The van der Waals surface area contributed by atoms with Crippen molar-refractivity contribution in [1.82, 2.24) is 5.43 Å². The van der Waals surface area contributed by atoms with Crippen molar-refractivity contribution in [3.8, 4) is 0 Å². The van der Waals surface area contributed by atoms with E-state index in [0.717, 1.165) is 11.3 Å². The number of carbonyl (C=O) groups excluding carboxylic acids is 1. The first-order chi connectivity index (χ1) is 8.99. The number of hydrogen-bond acceptors (Lipinski definition) is 5. The molecule has 100 valence electrons. The first-order valence-corrected chi connectivity index (χ1v) is 5.88. The Bertz CT molecular complexity index is 568. The number of carbonyl (C=O) groups is 1. The van der Waals surface area contributed by atoms with Crippen molar-refractivity contribution in [3.05, 3.63) is 33.9 Å². The van der Waals surface area contributed by atoms with Gasteiger partial charge in [0.15, 0.2) is 0 Å². The van der Waals surface area contributed by atoms with E-state index in [1.807, 2.05) is 6.92 Å². The molecule has 1 amide bonds. The van der Waals surface area contributed by atoms with Crippen LogP contribution in [-0.4, -0.2) is 16.5 Å². The summed E-state index contributed by atoms with van der Waals surface area (Å²) in [5.74, 6) is -0.209. The fourth-order valence-electron chi connectivity index (χ4n) is 1.98. The first kappa shape index (κ1) is 13.0. The van der Waals surface area contributed by atoms with Gasteiger partial charge in [-0.1, -0.05) is 13.0 Å². The molecule has 0 saturated heterocycles. The second kappa shape index (κ2) is 5.05. The van der Waals surface area contributed by atoms with Gasteiger partial charge in [0, 0.05) is 24.1 Å². The Hall–Kier alpha value is -2.44. The molecule has 0 aromatic heterocycles. The Balaban J connectivity index is 2.29. The van der Waals surface area contributed by atoms with Crippen molar-refractivity contribution in [2.45, 2.75) is 25.7 Å². The zero-order valence-electron chi connectivity index (χ0n) is 10.4. The SMILES string of the molecule is CC(C1=NNC(=O)CC1)c1ccc(N)c([N+](=O)[O-])c1. The number of nitrogens with one attached hydrogen (secondary N) is 1. The number of hydrogen-bond donors (Lipinski definition) is 2. The predicted molar refractivity (Wildman–Crippen MR) is 70.7 cm³/mol. The van der Waals surface area contributed by atoms with Crippen LogP contribution < -0.4 is 11.2 Å². The number of nitrogen functional groups attached to an aromatic ring is 1. The van der Waals surface area contributed by atoms with Gasteiger partial charge in [0.25, 0.3) is 5.69 Å². The molecule has 1 aromatic carbocycles. The fourth-order valence-corrected chi connectivity index (χ4v) is 1.98. The van der Waals surface area contributed by atoms with Crippen LogP contribution in [-0.2, 0) is 4.79 Å². The molecule has 1 atom stereocenters. The van der Waals surface area contributed by atoms with Crippen LogP contribution in [0, 0.1) is 10.1 Å². The molecule has 2 rings (SSSR count). The van der Waals surface area contributed by atoms with E-state index in [4.69, 9.17) is 5.73 Å². The third-order valence-electron chi connectivity index (χ3n) is 3.18. The van der Waals surface area contributed by atoms with Gasteiger partial charge < -0.3 is 5.73 Å². The molecular weight excluding hydrogens is 248 g/mol. The van der Waals surface area contributed by atoms with E-state index < -0.39 is 4.92 Å². The average molecular weight is 262 g/mol. The summed E-state index contributed by atoms with van der Waals surface area (Å²) in [6.07, 6.45) is 0.950. The standard InChI is InChI=1S/C12H14N4O3/c1-7(10-4-5-12(17)15-14-10)8-2-3-9(13)11(6-8)16(18)19/h2-3,6-7H,4-5,13H2,1H3,(H,15,17). The van der Waals surface area contributed by atoms with Gasteiger partial charge in [0.1, 0.15) is 5.69 Å². The van der Waals surface area contributed by atoms with E-state index >= 15 is 0 Å². The molecule has 1 unspecified atom stereocenters. The smallest absolute Gasteiger partial charge is 0.292 e. The van der Waals surface area contributed by atoms with Gasteiger partial charge in [-0.2, -0.15) is 5.10 Å². The largest absolute Gasteiger partial charge is 0.393 e. The molecule has 0 radical (unpaired) electrons. The molecular formula is C12H14N4O3. The number of nitrogens with two attached hydrogens (primary N) is 1. The Kier molecular flexibility index (Phi) is 3.46. The highest BCUT2D eigenvalue weighted by atomic mass is 16.6. The zero-order valence-corrected chi connectivity index (χ0v) is 10.4. The van der Waals surface area contributed by atoms with Crippen molar-refractivity contribution in [1.29, 1.82) is 0 Å². The summed E-state index contributed by atoms with van der Waals surface area (Å²) in [6, 6.07) is 4.72. The van der Waals surface area contributed by atoms with Crippen LogP contribution in [0.2, 0.25) is 0 Å². The highest BCUT2D eigenvalue weighted by Crippen LogP contribution is 2.28. The monoisotopic (exact) mass is 262 g/mol. The van der Waals surface area contributed by atoms with Gasteiger partial charge in [-0.05, 0) is 18.1 Å². The maximum Gasteiger partial charge on any atom is 0.292 e. The van der Waals surface area contributed by atoms with E-state index in [0.29, 0.717) is 12.8 Å². The molecule has 3 N–H and O–H groups in total. The summed E-state index contributed by atoms with van der Waals surface area (Å²) in [4.78, 5) is 21.4. The lowest BCUT2D eigenvalue weighted by molar-refractivity contribution is -0.384. The molecule has 7 heteroatoms. The number of nitrogens with zero attached hydrogens (tertiary/aromatic N) is 2. The minimum Gasteiger partial charge on any atom is -0.393 e. The topological polar surface area (TPSA) is 111 Å². The number of benzene rings is 1. The molecule has 1 aromatic rings. The van der Waals surface area contributed by atoms with E-state index in [1.54, 1.807) is 6.07 Å². The van der Waals surface area contributed by atoms with E-state index in [1.165, 1.54) is 12.1 Å². The molecule has 7 nitrogen and oxygen atoms in total. The Morgan fingerprint density at radius 3 is 2.79 bits per heavy atom. The highest BCUT2D eigenvalue weighted by molar-refractivity contribution is 5.96. The number of rotatable bonds is 3. The van der Waals surface area contributed by atoms with Crippen LogP contribution in [0.4, 0.5) is 11.4 Å². The lowest BCUT2D eigenvalue weighted by atomic mass is 9.92. The van der Waals surface area contributed by atoms with Gasteiger partial charge in [-0.15, -0.1) is 0 Å². The van der Waals surface area contributed by atoms with Crippen LogP contribution in [0.1, 0.15) is 31.2 Å². The van der Waals surface area contributed by atoms with E-state index in [-0.39, 0.29) is 23.2 Å². The maximum absolute atomic E-state index is 11.0.